The summed E-state index contributed by atoms with van der Waals surface area (Å²) in [4.78, 5) is 0. The normalized spacial score (nSPS) is 23.0. The van der Waals surface area contributed by atoms with Gasteiger partial charge in [0.05, 0.1) is 0 Å². The predicted molar refractivity (Wildman–Crippen MR) is 63.8 cm³/mol. The molecular weight excluding hydrogens is 273 g/mol. The van der Waals surface area contributed by atoms with Crippen molar-refractivity contribution in [2.75, 3.05) is 6.54 Å². The van der Waals surface area contributed by atoms with Gasteiger partial charge in [-0.15, -0.1) is 0 Å². The highest BCUT2D eigenvalue weighted by molar-refractivity contribution is 14.1. The number of hydrogen-bond donors (Lipinski definition) is 1. The van der Waals surface area contributed by atoms with Crippen molar-refractivity contribution in [3.05, 3.63) is 33.4 Å². The molecule has 1 saturated heterocycles. The SMILES string of the molecule is Ic1ccccc1[C@H]1CCCCN1. The molecule has 0 spiro atoms. The molecule has 1 aromatic rings. The van der Waals surface area contributed by atoms with Gasteiger partial charge in [0, 0.05) is 9.61 Å². The van der Waals surface area contributed by atoms with Crippen molar-refractivity contribution >= 4 is 22.6 Å². The fourth-order valence-corrected chi connectivity index (χ4v) is 2.64. The molecule has 1 nitrogen and oxygen atoms in total. The molecule has 0 radical (unpaired) electrons. The predicted octanol–water partition coefficient (Wildman–Crippen LogP) is 3.11. The van der Waals surface area contributed by atoms with E-state index in [1.54, 1.807) is 0 Å². The molecule has 0 aliphatic carbocycles. The van der Waals surface area contributed by atoms with E-state index in [1.807, 2.05) is 0 Å². The standard InChI is InChI=1S/C11H14IN/c12-10-6-2-1-5-9(10)11-7-3-4-8-13-11/h1-2,5-6,11,13H,3-4,7-8H2/t11-/m1/s1. The van der Waals surface area contributed by atoms with Crippen molar-refractivity contribution in [2.45, 2.75) is 25.3 Å². The van der Waals surface area contributed by atoms with Crippen LogP contribution in [0.3, 0.4) is 0 Å². The summed E-state index contributed by atoms with van der Waals surface area (Å²) in [7, 11) is 0. The number of rotatable bonds is 1. The Morgan fingerprint density at radius 3 is 2.77 bits per heavy atom. The minimum atomic E-state index is 0.599. The Hall–Kier alpha value is -0.0900. The number of benzene rings is 1. The van der Waals surface area contributed by atoms with Crippen LogP contribution in [0.4, 0.5) is 0 Å². The Balaban J connectivity index is 2.18. The highest BCUT2D eigenvalue weighted by Gasteiger charge is 2.15. The molecule has 1 fully saturated rings. The number of hydrogen-bond acceptors (Lipinski definition) is 1. The molecule has 0 bridgehead atoms. The summed E-state index contributed by atoms with van der Waals surface area (Å²) in [6.45, 7) is 1.18. The van der Waals surface area contributed by atoms with Gasteiger partial charge in [-0.2, -0.15) is 0 Å². The molecule has 2 heteroatoms. The average Bonchev–Trinajstić information content (AvgIpc) is 2.20. The first-order chi connectivity index (χ1) is 6.38. The molecule has 1 aromatic carbocycles. The van der Waals surface area contributed by atoms with Crippen LogP contribution in [0.25, 0.3) is 0 Å². The quantitative estimate of drug-likeness (QED) is 0.783. The summed E-state index contributed by atoms with van der Waals surface area (Å²) in [6.07, 6.45) is 3.99. The van der Waals surface area contributed by atoms with E-state index in [-0.39, 0.29) is 0 Å². The Labute approximate surface area is 93.1 Å². The maximum absolute atomic E-state index is 3.57. The molecule has 0 amide bonds. The monoisotopic (exact) mass is 287 g/mol. The fraction of sp³-hybridized carbons (Fsp3) is 0.455. The van der Waals surface area contributed by atoms with E-state index in [0.717, 1.165) is 0 Å². The first-order valence-corrected chi connectivity index (χ1v) is 5.93. The molecule has 1 heterocycles. The van der Waals surface area contributed by atoms with Crippen molar-refractivity contribution < 1.29 is 0 Å². The highest BCUT2D eigenvalue weighted by Crippen LogP contribution is 2.26. The molecule has 2 rings (SSSR count). The average molecular weight is 287 g/mol. The van der Waals surface area contributed by atoms with Crippen molar-refractivity contribution in [2.24, 2.45) is 0 Å². The van der Waals surface area contributed by atoms with Crippen molar-refractivity contribution in [1.29, 1.82) is 0 Å². The molecule has 0 saturated carbocycles. The third kappa shape index (κ3) is 2.23. The zero-order valence-corrected chi connectivity index (χ0v) is 9.75. The second-order valence-corrected chi connectivity index (χ2v) is 4.69. The summed E-state index contributed by atoms with van der Waals surface area (Å²) < 4.78 is 1.39. The van der Waals surface area contributed by atoms with Gasteiger partial charge >= 0.3 is 0 Å². The number of nitrogens with one attached hydrogen (secondary N) is 1. The van der Waals surface area contributed by atoms with Crippen molar-refractivity contribution in [3.8, 4) is 0 Å². The minimum absolute atomic E-state index is 0.599. The lowest BCUT2D eigenvalue weighted by atomic mass is 9.98. The third-order valence-corrected chi connectivity index (χ3v) is 3.57. The minimum Gasteiger partial charge on any atom is -0.310 e. The summed E-state index contributed by atoms with van der Waals surface area (Å²) in [5.74, 6) is 0. The Bertz CT molecular complexity index is 279. The lowest BCUT2D eigenvalue weighted by Gasteiger charge is -2.24. The Morgan fingerprint density at radius 2 is 2.08 bits per heavy atom. The van der Waals surface area contributed by atoms with Crippen LogP contribution in [-0.2, 0) is 0 Å². The largest absolute Gasteiger partial charge is 0.310 e. The lowest BCUT2D eigenvalue weighted by Crippen LogP contribution is -2.27. The molecular formula is C11H14IN. The van der Waals surface area contributed by atoms with Gasteiger partial charge in [0.2, 0.25) is 0 Å². The Morgan fingerprint density at radius 1 is 1.23 bits per heavy atom. The summed E-state index contributed by atoms with van der Waals surface area (Å²) in [5.41, 5.74) is 1.47. The van der Waals surface area contributed by atoms with E-state index < -0.39 is 0 Å². The summed E-state index contributed by atoms with van der Waals surface area (Å²) in [6, 6.07) is 9.26. The van der Waals surface area contributed by atoms with Crippen LogP contribution in [0.1, 0.15) is 30.9 Å². The van der Waals surface area contributed by atoms with Crippen molar-refractivity contribution in [3.63, 3.8) is 0 Å². The smallest absolute Gasteiger partial charge is 0.0330 e. The molecule has 1 aliphatic rings. The molecule has 13 heavy (non-hydrogen) atoms. The zero-order valence-electron chi connectivity index (χ0n) is 7.59. The van der Waals surface area contributed by atoms with E-state index in [9.17, 15) is 0 Å². The van der Waals surface area contributed by atoms with Gasteiger partial charge in [-0.3, -0.25) is 0 Å². The van der Waals surface area contributed by atoms with E-state index in [0.29, 0.717) is 6.04 Å². The fourth-order valence-electron chi connectivity index (χ4n) is 1.87. The molecule has 0 aromatic heterocycles. The maximum Gasteiger partial charge on any atom is 0.0330 e. The van der Waals surface area contributed by atoms with Gasteiger partial charge in [0.1, 0.15) is 0 Å². The van der Waals surface area contributed by atoms with Gasteiger partial charge in [-0.05, 0) is 53.6 Å². The molecule has 1 atom stereocenters. The summed E-state index contributed by atoms with van der Waals surface area (Å²) >= 11 is 2.42. The zero-order chi connectivity index (χ0) is 9.10. The van der Waals surface area contributed by atoms with E-state index in [2.05, 4.69) is 52.2 Å². The van der Waals surface area contributed by atoms with Gasteiger partial charge in [-0.1, -0.05) is 24.6 Å². The van der Waals surface area contributed by atoms with Crippen LogP contribution in [0.15, 0.2) is 24.3 Å². The van der Waals surface area contributed by atoms with Crippen LogP contribution in [0, 0.1) is 3.57 Å². The number of piperidine rings is 1. The molecule has 1 N–H and O–H groups in total. The van der Waals surface area contributed by atoms with Gasteiger partial charge in [-0.25, -0.2) is 0 Å². The lowest BCUT2D eigenvalue weighted by molar-refractivity contribution is 0.411. The van der Waals surface area contributed by atoms with Crippen LogP contribution < -0.4 is 5.32 Å². The highest BCUT2D eigenvalue weighted by atomic mass is 127. The second kappa shape index (κ2) is 4.42. The van der Waals surface area contributed by atoms with Crippen LogP contribution in [0.2, 0.25) is 0 Å². The maximum atomic E-state index is 3.57. The first-order valence-electron chi connectivity index (χ1n) is 4.86. The molecule has 70 valence electrons. The van der Waals surface area contributed by atoms with Gasteiger partial charge in [0.15, 0.2) is 0 Å². The van der Waals surface area contributed by atoms with E-state index in [1.165, 1.54) is 34.9 Å². The molecule has 0 unspecified atom stereocenters. The molecule has 1 aliphatic heterocycles. The number of halogens is 1. The van der Waals surface area contributed by atoms with E-state index >= 15 is 0 Å². The van der Waals surface area contributed by atoms with Crippen LogP contribution >= 0.6 is 22.6 Å². The van der Waals surface area contributed by atoms with Crippen LogP contribution in [-0.4, -0.2) is 6.54 Å². The first kappa shape index (κ1) is 9.46. The van der Waals surface area contributed by atoms with Crippen molar-refractivity contribution in [1.82, 2.24) is 5.32 Å². The van der Waals surface area contributed by atoms with E-state index in [4.69, 9.17) is 0 Å². The van der Waals surface area contributed by atoms with Gasteiger partial charge < -0.3 is 5.32 Å². The second-order valence-electron chi connectivity index (χ2n) is 3.52. The third-order valence-electron chi connectivity index (χ3n) is 2.59. The Kier molecular flexibility index (Phi) is 3.22. The van der Waals surface area contributed by atoms with Gasteiger partial charge in [0.25, 0.3) is 0 Å². The summed E-state index contributed by atoms with van der Waals surface area (Å²) in [5, 5.41) is 3.57. The van der Waals surface area contributed by atoms with Crippen LogP contribution in [0.5, 0.6) is 0 Å². The topological polar surface area (TPSA) is 12.0 Å².